The third kappa shape index (κ3) is 3.26. The van der Waals surface area contributed by atoms with Crippen molar-refractivity contribution in [3.05, 3.63) is 0 Å². The Morgan fingerprint density at radius 3 is 0.897 bits per heavy atom. The summed E-state index contributed by atoms with van der Waals surface area (Å²) in [6, 6.07) is 0. The molecule has 0 aliphatic heterocycles. The molecule has 0 rings (SSSR count). The fourth-order valence-corrected chi connectivity index (χ4v) is 2.29. The Bertz CT molecular complexity index is 713. The van der Waals surface area contributed by atoms with E-state index in [0.717, 1.165) is 0 Å². The van der Waals surface area contributed by atoms with Crippen LogP contribution in [0, 0.1) is 0 Å². The van der Waals surface area contributed by atoms with Crippen molar-refractivity contribution in [3.8, 4) is 0 Å². The Morgan fingerprint density at radius 1 is 0.448 bits per heavy atom. The lowest BCUT2D eigenvalue weighted by molar-refractivity contribution is -0.459. The minimum Gasteiger partial charge on any atom is -0.743 e. The van der Waals surface area contributed by atoms with Crippen LogP contribution in [0.3, 0.4) is 0 Å². The standard InChI is InChI=1S/C8HF17O3S/c9-1(4(13,14)7(21,22)23,8(24,25)29(26,27)28)3(11,12)2(10,5(15,16)17)6(18,19)20/h(H,26,27,28)/p-1. The molecule has 0 bridgehead atoms. The Labute approximate surface area is 146 Å². The number of hydrogen-bond acceptors (Lipinski definition) is 3. The van der Waals surface area contributed by atoms with Crippen molar-refractivity contribution in [2.75, 3.05) is 0 Å². The van der Waals surface area contributed by atoms with Crippen molar-refractivity contribution in [1.82, 2.24) is 0 Å². The molecule has 0 saturated heterocycles. The third-order valence-corrected chi connectivity index (χ3v) is 4.06. The van der Waals surface area contributed by atoms with Gasteiger partial charge in [0.05, 0.1) is 0 Å². The first-order chi connectivity index (χ1) is 12.0. The summed E-state index contributed by atoms with van der Waals surface area (Å²) in [5, 5.41) is -8.60. The lowest BCUT2D eigenvalue weighted by Gasteiger charge is -2.48. The number of hydrogen-bond donors (Lipinski definition) is 0. The first kappa shape index (κ1) is 27.7. The molecule has 0 saturated carbocycles. The summed E-state index contributed by atoms with van der Waals surface area (Å²) in [4.78, 5) is 0. The highest BCUT2D eigenvalue weighted by Gasteiger charge is 3.00. The molecule has 0 amide bonds. The minimum absolute atomic E-state index is 8.29. The molecular weight excluding hydrogens is 499 g/mol. The van der Waals surface area contributed by atoms with E-state index in [9.17, 15) is 87.6 Å². The van der Waals surface area contributed by atoms with Crippen LogP contribution in [0.4, 0.5) is 74.6 Å². The molecule has 1 unspecified atom stereocenters. The molecule has 0 N–H and O–H groups in total. The fraction of sp³-hybridized carbons (Fsp3) is 1.00. The molecule has 0 fully saturated rings. The van der Waals surface area contributed by atoms with Crippen molar-refractivity contribution in [3.63, 3.8) is 0 Å². The first-order valence-electron chi connectivity index (χ1n) is 5.67. The van der Waals surface area contributed by atoms with Gasteiger partial charge in [0.25, 0.3) is 0 Å². The van der Waals surface area contributed by atoms with Gasteiger partial charge in [-0.1, -0.05) is 0 Å². The zero-order valence-electron chi connectivity index (χ0n) is 12.1. The molecular formula is C8F17O3S-. The zero-order valence-corrected chi connectivity index (χ0v) is 12.9. The van der Waals surface area contributed by atoms with Gasteiger partial charge in [0, 0.05) is 0 Å². The van der Waals surface area contributed by atoms with Crippen LogP contribution in [0.1, 0.15) is 0 Å². The normalized spacial score (nSPS) is 18.6. The fourth-order valence-electron chi connectivity index (χ4n) is 1.68. The second-order valence-corrected chi connectivity index (χ2v) is 6.35. The average molecular weight is 499 g/mol. The summed E-state index contributed by atoms with van der Waals surface area (Å²) in [5.74, 6) is -18.2. The van der Waals surface area contributed by atoms with E-state index in [0.29, 0.717) is 0 Å². The smallest absolute Gasteiger partial charge is 0.457 e. The SMILES string of the molecule is O=S(=O)([O-])C(F)(F)C(F)(C(F)(F)C(F)(F)F)C(F)(F)C(F)(C(F)(F)F)C(F)(F)F. The number of halogens is 17. The van der Waals surface area contributed by atoms with E-state index in [1.807, 2.05) is 0 Å². The molecule has 0 spiro atoms. The molecule has 176 valence electrons. The first-order valence-corrected chi connectivity index (χ1v) is 7.08. The van der Waals surface area contributed by atoms with Crippen molar-refractivity contribution in [2.24, 2.45) is 0 Å². The predicted molar refractivity (Wildman–Crippen MR) is 50.4 cm³/mol. The van der Waals surface area contributed by atoms with Crippen molar-refractivity contribution in [2.45, 2.75) is 47.0 Å². The van der Waals surface area contributed by atoms with Gasteiger partial charge >= 0.3 is 47.0 Å². The summed E-state index contributed by atoms with van der Waals surface area (Å²) in [7, 11) is -8.66. The summed E-state index contributed by atoms with van der Waals surface area (Å²) >= 11 is 0. The Hall–Kier alpha value is -1.28. The second-order valence-electron chi connectivity index (χ2n) is 4.93. The van der Waals surface area contributed by atoms with Crippen LogP contribution in [-0.4, -0.2) is 59.9 Å². The third-order valence-electron chi connectivity index (χ3n) is 3.15. The average Bonchev–Trinajstić information content (AvgIpc) is 2.39. The van der Waals surface area contributed by atoms with Crippen LogP contribution >= 0.6 is 0 Å². The van der Waals surface area contributed by atoms with Gasteiger partial charge < -0.3 is 4.55 Å². The maximum atomic E-state index is 13.9. The molecule has 0 aromatic rings. The highest BCUT2D eigenvalue weighted by atomic mass is 32.2. The second kappa shape index (κ2) is 6.36. The van der Waals surface area contributed by atoms with E-state index in [4.69, 9.17) is 0 Å². The van der Waals surface area contributed by atoms with Gasteiger partial charge in [0.1, 0.15) is 0 Å². The zero-order chi connectivity index (χ0) is 24.5. The highest BCUT2D eigenvalue weighted by molar-refractivity contribution is 7.86. The molecule has 0 aliphatic carbocycles. The largest absolute Gasteiger partial charge is 0.743 e. The van der Waals surface area contributed by atoms with E-state index in [-0.39, 0.29) is 0 Å². The van der Waals surface area contributed by atoms with E-state index in [1.165, 1.54) is 0 Å². The van der Waals surface area contributed by atoms with Crippen LogP contribution in [0.2, 0.25) is 0 Å². The summed E-state index contributed by atoms with van der Waals surface area (Å²) in [5.41, 5.74) is -18.3. The van der Waals surface area contributed by atoms with Crippen molar-refractivity contribution < 1.29 is 87.6 Å². The van der Waals surface area contributed by atoms with E-state index in [2.05, 4.69) is 0 Å². The van der Waals surface area contributed by atoms with Crippen LogP contribution in [0.5, 0.6) is 0 Å². The molecule has 3 nitrogen and oxygen atoms in total. The van der Waals surface area contributed by atoms with Crippen LogP contribution in [-0.2, 0) is 10.1 Å². The van der Waals surface area contributed by atoms with Gasteiger partial charge in [-0.25, -0.2) is 17.2 Å². The van der Waals surface area contributed by atoms with Gasteiger partial charge in [0.2, 0.25) is 0 Å². The van der Waals surface area contributed by atoms with Crippen LogP contribution in [0.15, 0.2) is 0 Å². The Morgan fingerprint density at radius 2 is 0.724 bits per heavy atom. The number of alkyl halides is 17. The van der Waals surface area contributed by atoms with Gasteiger partial charge in [-0.15, -0.1) is 0 Å². The van der Waals surface area contributed by atoms with E-state index >= 15 is 0 Å². The van der Waals surface area contributed by atoms with Crippen LogP contribution in [0.25, 0.3) is 0 Å². The Balaban J connectivity index is 7.85. The maximum Gasteiger partial charge on any atom is 0.457 e. The molecule has 0 heterocycles. The molecule has 0 aromatic carbocycles. The van der Waals surface area contributed by atoms with Gasteiger partial charge in [-0.05, 0) is 0 Å². The maximum absolute atomic E-state index is 13.9. The van der Waals surface area contributed by atoms with Crippen molar-refractivity contribution in [1.29, 1.82) is 0 Å². The summed E-state index contributed by atoms with van der Waals surface area (Å²) in [6.07, 6.45) is -25.2. The summed E-state index contributed by atoms with van der Waals surface area (Å²) < 4.78 is 247. The number of rotatable bonds is 5. The molecule has 0 radical (unpaired) electrons. The predicted octanol–water partition coefficient (Wildman–Crippen LogP) is 4.50. The van der Waals surface area contributed by atoms with Gasteiger partial charge in [-0.2, -0.15) is 65.9 Å². The minimum atomic E-state index is -9.32. The van der Waals surface area contributed by atoms with Gasteiger partial charge in [0.15, 0.2) is 10.1 Å². The lowest BCUT2D eigenvalue weighted by atomic mass is 9.79. The summed E-state index contributed by atoms with van der Waals surface area (Å²) in [6.45, 7) is 0. The molecule has 21 heteroatoms. The molecule has 0 aromatic heterocycles. The quantitative estimate of drug-likeness (QED) is 0.414. The Kier molecular flexibility index (Phi) is 6.08. The molecule has 0 aliphatic rings. The van der Waals surface area contributed by atoms with Crippen LogP contribution < -0.4 is 0 Å². The molecule has 29 heavy (non-hydrogen) atoms. The lowest BCUT2D eigenvalue weighted by Crippen LogP contribution is -2.81. The molecule has 1 atom stereocenters. The van der Waals surface area contributed by atoms with Gasteiger partial charge in [-0.3, -0.25) is 0 Å². The topological polar surface area (TPSA) is 57.2 Å². The highest BCUT2D eigenvalue weighted by Crippen LogP contribution is 2.67. The van der Waals surface area contributed by atoms with E-state index < -0.39 is 57.1 Å². The van der Waals surface area contributed by atoms with Crippen molar-refractivity contribution >= 4 is 10.1 Å². The van der Waals surface area contributed by atoms with E-state index in [1.54, 1.807) is 0 Å². The monoisotopic (exact) mass is 499 g/mol.